The summed E-state index contributed by atoms with van der Waals surface area (Å²) in [5.74, 6) is 4.82. The summed E-state index contributed by atoms with van der Waals surface area (Å²) in [6.45, 7) is 1.84. The molecule has 142 valence electrons. The smallest absolute Gasteiger partial charge is 0.446 e. The van der Waals surface area contributed by atoms with Gasteiger partial charge in [0.15, 0.2) is 0 Å². The lowest BCUT2D eigenvalue weighted by molar-refractivity contribution is -0.109. The molecule has 2 rings (SSSR count). The van der Waals surface area contributed by atoms with Crippen molar-refractivity contribution >= 4 is 23.9 Å². The Bertz CT molecular complexity index is 714. The molecule has 2 aromatic rings. The van der Waals surface area contributed by atoms with Gasteiger partial charge in [-0.1, -0.05) is 12.1 Å². The number of nitrogens with zero attached hydrogens (tertiary/aromatic N) is 1. The van der Waals surface area contributed by atoms with E-state index < -0.39 is 5.51 Å². The highest BCUT2D eigenvalue weighted by Crippen LogP contribution is 2.40. The molecule has 0 aliphatic heterocycles. The molecule has 0 atom stereocenters. The first kappa shape index (κ1) is 21.6. The monoisotopic (exact) mass is 388 g/mol. The fraction of sp³-hybridized carbons (Fsp3) is 0.250. The van der Waals surface area contributed by atoms with Gasteiger partial charge in [0.2, 0.25) is 12.3 Å². The van der Waals surface area contributed by atoms with Crippen molar-refractivity contribution in [2.24, 2.45) is 5.84 Å². The van der Waals surface area contributed by atoms with Crippen molar-refractivity contribution < 1.29 is 22.7 Å². The fourth-order valence-electron chi connectivity index (χ4n) is 1.93. The zero-order valence-electron chi connectivity index (χ0n) is 14.1. The van der Waals surface area contributed by atoms with Gasteiger partial charge in [-0.05, 0) is 36.9 Å². The number of hydrogen-bond donors (Lipinski definition) is 3. The van der Waals surface area contributed by atoms with Crippen molar-refractivity contribution in [1.29, 1.82) is 0 Å². The minimum atomic E-state index is -4.35. The quantitative estimate of drug-likeness (QED) is 0.231. The number of halogens is 3. The van der Waals surface area contributed by atoms with Gasteiger partial charge in [0.25, 0.3) is 0 Å². The van der Waals surface area contributed by atoms with Gasteiger partial charge < -0.3 is 10.1 Å². The molecule has 0 aliphatic carbocycles. The second-order valence-electron chi connectivity index (χ2n) is 4.78. The van der Waals surface area contributed by atoms with E-state index in [1.54, 1.807) is 36.9 Å². The number of hydrazine groups is 1. The molecule has 6 nitrogen and oxygen atoms in total. The van der Waals surface area contributed by atoms with E-state index in [1.807, 2.05) is 13.0 Å². The van der Waals surface area contributed by atoms with Gasteiger partial charge in [0, 0.05) is 35.0 Å². The van der Waals surface area contributed by atoms with E-state index >= 15 is 0 Å². The summed E-state index contributed by atoms with van der Waals surface area (Å²) >= 11 is -0.144. The highest BCUT2D eigenvalue weighted by molar-refractivity contribution is 8.00. The number of rotatable bonds is 6. The molecular weight excluding hydrogens is 369 g/mol. The number of ether oxygens (including phenoxy) is 1. The van der Waals surface area contributed by atoms with Crippen LogP contribution in [-0.2, 0) is 11.4 Å². The first-order valence-electron chi connectivity index (χ1n) is 7.32. The van der Waals surface area contributed by atoms with Gasteiger partial charge in [0.1, 0.15) is 6.61 Å². The molecule has 0 bridgehead atoms. The second-order valence-corrected chi connectivity index (χ2v) is 5.89. The zero-order chi connectivity index (χ0) is 19.6. The average Bonchev–Trinajstić information content (AvgIpc) is 2.60. The summed E-state index contributed by atoms with van der Waals surface area (Å²) in [5.41, 5.74) is -0.711. The predicted molar refractivity (Wildman–Crippen MR) is 94.6 cm³/mol. The lowest BCUT2D eigenvalue weighted by Crippen LogP contribution is -2.18. The molecule has 1 amide bonds. The van der Waals surface area contributed by atoms with E-state index in [1.165, 1.54) is 6.07 Å². The molecule has 0 spiro atoms. The van der Waals surface area contributed by atoms with Gasteiger partial charge >= 0.3 is 5.51 Å². The van der Waals surface area contributed by atoms with Crippen molar-refractivity contribution in [3.05, 3.63) is 47.7 Å². The fourth-order valence-corrected chi connectivity index (χ4v) is 2.62. The van der Waals surface area contributed by atoms with Crippen LogP contribution in [0.1, 0.15) is 11.1 Å². The first-order valence-corrected chi connectivity index (χ1v) is 8.13. The molecular formula is C16H19F3N4O2S. The highest BCUT2D eigenvalue weighted by Gasteiger charge is 2.31. The maximum absolute atomic E-state index is 12.7. The Morgan fingerprint density at radius 2 is 2.00 bits per heavy atom. The number of amides is 1. The normalized spacial score (nSPS) is 10.4. The molecule has 1 aromatic carbocycles. The number of benzene rings is 1. The number of nitrogens with one attached hydrogen (secondary N) is 2. The van der Waals surface area contributed by atoms with Gasteiger partial charge in [-0.25, -0.2) is 10.8 Å². The van der Waals surface area contributed by atoms with Crippen LogP contribution in [0.2, 0.25) is 0 Å². The maximum Gasteiger partial charge on any atom is 0.446 e. The Morgan fingerprint density at radius 1 is 1.31 bits per heavy atom. The first-order chi connectivity index (χ1) is 12.3. The van der Waals surface area contributed by atoms with Crippen LogP contribution in [0.5, 0.6) is 5.88 Å². The molecule has 0 radical (unpaired) electrons. The Hall–Kier alpha value is -2.46. The minimum Gasteiger partial charge on any atom is -0.472 e. The third-order valence-electron chi connectivity index (χ3n) is 3.01. The number of carbonyl (C=O) groups excluding carboxylic acids is 1. The SMILES string of the molecule is CNc1cccc(SC(F)(F)F)c1COc1ncccc1C.NNC=O. The number of alkyl halides is 3. The Kier molecular flexibility index (Phi) is 8.73. The number of carbonyl (C=O) groups is 1. The van der Waals surface area contributed by atoms with Crippen molar-refractivity contribution in [1.82, 2.24) is 10.4 Å². The molecule has 1 aromatic heterocycles. The molecule has 0 aliphatic rings. The van der Waals surface area contributed by atoms with Crippen LogP contribution in [0.15, 0.2) is 41.4 Å². The summed E-state index contributed by atoms with van der Waals surface area (Å²) in [6.07, 6.45) is 1.98. The summed E-state index contributed by atoms with van der Waals surface area (Å²) < 4.78 is 43.6. The lowest BCUT2D eigenvalue weighted by atomic mass is 10.2. The van der Waals surface area contributed by atoms with Gasteiger partial charge in [-0.3, -0.25) is 10.2 Å². The largest absolute Gasteiger partial charge is 0.472 e. The van der Waals surface area contributed by atoms with Crippen LogP contribution in [0, 0.1) is 6.92 Å². The molecule has 0 saturated heterocycles. The summed E-state index contributed by atoms with van der Waals surface area (Å²) in [4.78, 5) is 13.1. The minimum absolute atomic E-state index is 0.00722. The highest BCUT2D eigenvalue weighted by atomic mass is 32.2. The van der Waals surface area contributed by atoms with E-state index in [-0.39, 0.29) is 23.3 Å². The average molecular weight is 388 g/mol. The molecule has 1 heterocycles. The van der Waals surface area contributed by atoms with Crippen molar-refractivity contribution in [2.45, 2.75) is 23.9 Å². The number of nitrogens with two attached hydrogens (primary N) is 1. The van der Waals surface area contributed by atoms with Crippen molar-refractivity contribution in [2.75, 3.05) is 12.4 Å². The van der Waals surface area contributed by atoms with Crippen molar-refractivity contribution in [3.8, 4) is 5.88 Å². The van der Waals surface area contributed by atoms with E-state index in [4.69, 9.17) is 9.53 Å². The van der Waals surface area contributed by atoms with E-state index in [2.05, 4.69) is 16.1 Å². The third-order valence-corrected chi connectivity index (χ3v) is 3.84. The second kappa shape index (κ2) is 10.5. The van der Waals surface area contributed by atoms with E-state index in [0.717, 1.165) is 5.56 Å². The molecule has 0 saturated carbocycles. The molecule has 0 fully saturated rings. The number of thioether (sulfide) groups is 1. The number of pyridine rings is 1. The molecule has 0 unspecified atom stereocenters. The summed E-state index contributed by atoms with van der Waals surface area (Å²) in [7, 11) is 1.66. The Labute approximate surface area is 153 Å². The van der Waals surface area contributed by atoms with Crippen LogP contribution in [-0.4, -0.2) is 24.0 Å². The molecule has 4 N–H and O–H groups in total. The number of aryl methyl sites for hydroxylation is 1. The molecule has 10 heteroatoms. The van der Waals surface area contributed by atoms with Crippen LogP contribution in [0.3, 0.4) is 0 Å². The van der Waals surface area contributed by atoms with Gasteiger partial charge in [0.05, 0.1) is 0 Å². The van der Waals surface area contributed by atoms with Crippen LogP contribution < -0.4 is 21.3 Å². The number of aromatic nitrogens is 1. The zero-order valence-corrected chi connectivity index (χ0v) is 14.9. The van der Waals surface area contributed by atoms with Crippen molar-refractivity contribution in [3.63, 3.8) is 0 Å². The number of hydrogen-bond acceptors (Lipinski definition) is 6. The summed E-state index contributed by atoms with van der Waals surface area (Å²) in [6, 6.07) is 8.33. The van der Waals surface area contributed by atoms with E-state index in [9.17, 15) is 13.2 Å². The number of anilines is 1. The van der Waals surface area contributed by atoms with E-state index in [0.29, 0.717) is 23.5 Å². The van der Waals surface area contributed by atoms with Gasteiger partial charge in [-0.2, -0.15) is 13.2 Å². The standard InChI is InChI=1S/C15H15F3N2OS.CH4N2O/c1-10-5-4-8-20-14(10)21-9-11-12(19-2)6-3-7-13(11)22-15(16,17)18;2-3-1-4/h3-8,19H,9H2,1-2H3;1H,2H2,(H,3,4). The van der Waals surface area contributed by atoms with Gasteiger partial charge in [-0.15, -0.1) is 0 Å². The summed E-state index contributed by atoms with van der Waals surface area (Å²) in [5, 5.41) is 2.89. The van der Waals surface area contributed by atoms with Crippen LogP contribution >= 0.6 is 11.8 Å². The van der Waals surface area contributed by atoms with Crippen LogP contribution in [0.25, 0.3) is 0 Å². The van der Waals surface area contributed by atoms with Crippen LogP contribution in [0.4, 0.5) is 18.9 Å². The molecule has 26 heavy (non-hydrogen) atoms. The third kappa shape index (κ3) is 7.19. The lowest BCUT2D eigenvalue weighted by Gasteiger charge is -2.16. The predicted octanol–water partition coefficient (Wildman–Crippen LogP) is 3.23. The Morgan fingerprint density at radius 3 is 2.54 bits per heavy atom. The maximum atomic E-state index is 12.7. The topological polar surface area (TPSA) is 89.3 Å². The Balaban J connectivity index is 0.000000765.